The molecule has 0 fully saturated rings. The van der Waals surface area contributed by atoms with Crippen LogP contribution < -0.4 is 0 Å². The number of nitrogens with zero attached hydrogens (tertiary/aromatic N) is 1. The molecule has 0 saturated carbocycles. The van der Waals surface area contributed by atoms with E-state index in [1.807, 2.05) is 0 Å². The minimum absolute atomic E-state index is 0.730. The molecular formula is C13H14N2S. The number of aryl methyl sites for hydroxylation is 2. The maximum absolute atomic E-state index is 5.07. The SMILES string of the molecule is Cc1ccc(Cc2nccc(=S)[nH]2)cc1C. The lowest BCUT2D eigenvalue weighted by molar-refractivity contribution is 0.958. The first kappa shape index (κ1) is 11.0. The molecule has 1 heterocycles. The van der Waals surface area contributed by atoms with E-state index in [4.69, 9.17) is 12.2 Å². The van der Waals surface area contributed by atoms with E-state index in [1.165, 1.54) is 16.7 Å². The predicted octanol–water partition coefficient (Wildman–Crippen LogP) is 3.35. The molecule has 2 rings (SSSR count). The fourth-order valence-electron chi connectivity index (χ4n) is 1.61. The molecule has 1 aromatic heterocycles. The average Bonchev–Trinajstić information content (AvgIpc) is 2.24. The van der Waals surface area contributed by atoms with Gasteiger partial charge in [-0.1, -0.05) is 30.4 Å². The summed E-state index contributed by atoms with van der Waals surface area (Å²) in [6, 6.07) is 8.26. The Bertz CT molecular complexity index is 558. The van der Waals surface area contributed by atoms with E-state index < -0.39 is 0 Å². The highest BCUT2D eigenvalue weighted by Crippen LogP contribution is 2.12. The summed E-state index contributed by atoms with van der Waals surface area (Å²) in [5, 5.41) is 0. The molecule has 1 N–H and O–H groups in total. The Morgan fingerprint density at radius 2 is 2.00 bits per heavy atom. The van der Waals surface area contributed by atoms with Gasteiger partial charge in [0.05, 0.1) is 0 Å². The zero-order chi connectivity index (χ0) is 11.5. The third-order valence-corrected chi connectivity index (χ3v) is 2.90. The van der Waals surface area contributed by atoms with Gasteiger partial charge in [0.2, 0.25) is 0 Å². The molecule has 2 aromatic rings. The smallest absolute Gasteiger partial charge is 0.111 e. The van der Waals surface area contributed by atoms with Gasteiger partial charge in [-0.05, 0) is 36.6 Å². The van der Waals surface area contributed by atoms with E-state index in [9.17, 15) is 0 Å². The number of hydrogen-bond acceptors (Lipinski definition) is 2. The van der Waals surface area contributed by atoms with Crippen molar-refractivity contribution in [2.24, 2.45) is 0 Å². The van der Waals surface area contributed by atoms with Gasteiger partial charge in [-0.15, -0.1) is 0 Å². The third kappa shape index (κ3) is 2.55. The zero-order valence-electron chi connectivity index (χ0n) is 9.45. The summed E-state index contributed by atoms with van der Waals surface area (Å²) in [4.78, 5) is 7.36. The summed E-state index contributed by atoms with van der Waals surface area (Å²) in [6.07, 6.45) is 2.54. The second-order valence-electron chi connectivity index (χ2n) is 3.98. The number of rotatable bonds is 2. The second-order valence-corrected chi connectivity index (χ2v) is 4.42. The van der Waals surface area contributed by atoms with Crippen LogP contribution in [0.3, 0.4) is 0 Å². The Hall–Kier alpha value is -1.48. The van der Waals surface area contributed by atoms with Crippen LogP contribution in [0.15, 0.2) is 30.5 Å². The molecule has 0 saturated heterocycles. The number of nitrogens with one attached hydrogen (secondary N) is 1. The normalized spacial score (nSPS) is 10.4. The van der Waals surface area contributed by atoms with Crippen LogP contribution in [0, 0.1) is 18.5 Å². The van der Waals surface area contributed by atoms with Crippen molar-refractivity contribution in [2.75, 3.05) is 0 Å². The van der Waals surface area contributed by atoms with Gasteiger partial charge < -0.3 is 4.98 Å². The van der Waals surface area contributed by atoms with Crippen molar-refractivity contribution in [3.8, 4) is 0 Å². The lowest BCUT2D eigenvalue weighted by atomic mass is 10.0. The van der Waals surface area contributed by atoms with Gasteiger partial charge in [0, 0.05) is 12.6 Å². The Labute approximate surface area is 100 Å². The summed E-state index contributed by atoms with van der Waals surface area (Å²) in [5.41, 5.74) is 3.89. The van der Waals surface area contributed by atoms with E-state index in [2.05, 4.69) is 42.0 Å². The summed E-state index contributed by atoms with van der Waals surface area (Å²) in [6.45, 7) is 4.24. The quantitative estimate of drug-likeness (QED) is 0.801. The maximum atomic E-state index is 5.07. The highest BCUT2D eigenvalue weighted by atomic mass is 32.1. The van der Waals surface area contributed by atoms with Gasteiger partial charge in [0.15, 0.2) is 0 Å². The maximum Gasteiger partial charge on any atom is 0.111 e. The topological polar surface area (TPSA) is 28.7 Å². The first-order valence-corrected chi connectivity index (χ1v) is 5.66. The molecule has 1 aromatic carbocycles. The minimum atomic E-state index is 0.730. The van der Waals surface area contributed by atoms with Gasteiger partial charge in [-0.3, -0.25) is 0 Å². The largest absolute Gasteiger partial charge is 0.335 e. The molecule has 0 atom stereocenters. The molecule has 3 heteroatoms. The monoisotopic (exact) mass is 230 g/mol. The van der Waals surface area contributed by atoms with Gasteiger partial charge in [0.1, 0.15) is 10.5 Å². The molecule has 2 nitrogen and oxygen atoms in total. The van der Waals surface area contributed by atoms with Crippen molar-refractivity contribution in [3.63, 3.8) is 0 Å². The Balaban J connectivity index is 2.27. The van der Waals surface area contributed by atoms with Crippen LogP contribution in [-0.2, 0) is 6.42 Å². The fourth-order valence-corrected chi connectivity index (χ4v) is 1.79. The van der Waals surface area contributed by atoms with Crippen LogP contribution in [0.25, 0.3) is 0 Å². The van der Waals surface area contributed by atoms with Crippen LogP contribution in [-0.4, -0.2) is 9.97 Å². The molecule has 16 heavy (non-hydrogen) atoms. The average molecular weight is 230 g/mol. The molecule has 0 aliphatic carbocycles. The van der Waals surface area contributed by atoms with E-state index >= 15 is 0 Å². The van der Waals surface area contributed by atoms with Crippen LogP contribution in [0.5, 0.6) is 0 Å². The van der Waals surface area contributed by atoms with Crippen molar-refractivity contribution < 1.29 is 0 Å². The molecule has 0 unspecified atom stereocenters. The standard InChI is InChI=1S/C13H14N2S/c1-9-3-4-11(7-10(9)2)8-12-14-6-5-13(16)15-12/h3-7H,8H2,1-2H3,(H,14,15,16). The molecule has 0 amide bonds. The fraction of sp³-hybridized carbons (Fsp3) is 0.231. The molecule has 0 spiro atoms. The highest BCUT2D eigenvalue weighted by molar-refractivity contribution is 7.71. The van der Waals surface area contributed by atoms with E-state index in [-0.39, 0.29) is 0 Å². The Morgan fingerprint density at radius 3 is 2.69 bits per heavy atom. The lowest BCUT2D eigenvalue weighted by Crippen LogP contribution is -1.96. The van der Waals surface area contributed by atoms with Crippen molar-refractivity contribution in [2.45, 2.75) is 20.3 Å². The molecular weight excluding hydrogens is 216 g/mol. The number of aromatic amines is 1. The number of H-pyrrole nitrogens is 1. The van der Waals surface area contributed by atoms with E-state index in [0.717, 1.165) is 16.9 Å². The van der Waals surface area contributed by atoms with Crippen molar-refractivity contribution in [3.05, 3.63) is 57.6 Å². The first-order valence-electron chi connectivity index (χ1n) is 5.25. The van der Waals surface area contributed by atoms with E-state index in [0.29, 0.717) is 0 Å². The number of aromatic nitrogens is 2. The van der Waals surface area contributed by atoms with Gasteiger partial charge in [0.25, 0.3) is 0 Å². The van der Waals surface area contributed by atoms with Gasteiger partial charge in [-0.2, -0.15) is 0 Å². The minimum Gasteiger partial charge on any atom is -0.335 e. The predicted molar refractivity (Wildman–Crippen MR) is 68.1 cm³/mol. The molecule has 0 bridgehead atoms. The Kier molecular flexibility index (Phi) is 3.15. The second kappa shape index (κ2) is 4.58. The number of hydrogen-bond donors (Lipinski definition) is 1. The molecule has 0 aliphatic heterocycles. The summed E-state index contributed by atoms with van der Waals surface area (Å²) < 4.78 is 0.730. The summed E-state index contributed by atoms with van der Waals surface area (Å²) in [7, 11) is 0. The molecule has 0 radical (unpaired) electrons. The number of benzene rings is 1. The van der Waals surface area contributed by atoms with Crippen LogP contribution in [0.4, 0.5) is 0 Å². The van der Waals surface area contributed by atoms with Crippen LogP contribution in [0.2, 0.25) is 0 Å². The van der Waals surface area contributed by atoms with Crippen LogP contribution >= 0.6 is 12.2 Å². The van der Waals surface area contributed by atoms with E-state index in [1.54, 1.807) is 12.3 Å². The third-order valence-electron chi connectivity index (χ3n) is 2.67. The molecule has 0 aliphatic rings. The van der Waals surface area contributed by atoms with Crippen LogP contribution in [0.1, 0.15) is 22.5 Å². The molecule has 82 valence electrons. The lowest BCUT2D eigenvalue weighted by Gasteiger charge is -2.04. The summed E-state index contributed by atoms with van der Waals surface area (Å²) >= 11 is 5.07. The Morgan fingerprint density at radius 1 is 1.19 bits per heavy atom. The highest BCUT2D eigenvalue weighted by Gasteiger charge is 1.99. The van der Waals surface area contributed by atoms with Gasteiger partial charge in [-0.25, -0.2) is 4.98 Å². The first-order chi connectivity index (χ1) is 7.65. The van der Waals surface area contributed by atoms with Crippen molar-refractivity contribution >= 4 is 12.2 Å². The van der Waals surface area contributed by atoms with Gasteiger partial charge >= 0.3 is 0 Å². The van der Waals surface area contributed by atoms with Crippen molar-refractivity contribution in [1.29, 1.82) is 0 Å². The van der Waals surface area contributed by atoms with Crippen molar-refractivity contribution in [1.82, 2.24) is 9.97 Å². The zero-order valence-corrected chi connectivity index (χ0v) is 10.3. The summed E-state index contributed by atoms with van der Waals surface area (Å²) in [5.74, 6) is 0.913.